The lowest BCUT2D eigenvalue weighted by molar-refractivity contribution is -0.122. The maximum absolute atomic E-state index is 12.3. The number of hydrogen-bond donors (Lipinski definition) is 2. The lowest BCUT2D eigenvalue weighted by Gasteiger charge is -2.42. The number of nitrogens with two attached hydrogens (primary N) is 1. The molecular weight excluding hydrogens is 296 g/mol. The Bertz CT molecular complexity index is 650. The van der Waals surface area contributed by atoms with Gasteiger partial charge in [0.1, 0.15) is 0 Å². The number of amides is 1. The van der Waals surface area contributed by atoms with Gasteiger partial charge in [-0.2, -0.15) is 0 Å². The summed E-state index contributed by atoms with van der Waals surface area (Å²) in [5, 5.41) is 3.13. The molecule has 1 fully saturated rings. The summed E-state index contributed by atoms with van der Waals surface area (Å²) in [6.45, 7) is 0.752. The molecule has 1 aliphatic carbocycles. The molecule has 126 valence electrons. The molecule has 3 N–H and O–H groups in total. The van der Waals surface area contributed by atoms with Crippen LogP contribution in [0.1, 0.15) is 42.9 Å². The molecule has 0 aliphatic heterocycles. The fourth-order valence-corrected chi connectivity index (χ4v) is 3.50. The van der Waals surface area contributed by atoms with Gasteiger partial charge in [0.2, 0.25) is 5.91 Å². The highest BCUT2D eigenvalue weighted by Gasteiger charge is 2.37. The van der Waals surface area contributed by atoms with E-state index in [1.165, 1.54) is 24.8 Å². The zero-order valence-electron chi connectivity index (χ0n) is 14.1. The van der Waals surface area contributed by atoms with Crippen LogP contribution in [0.15, 0.2) is 60.7 Å². The van der Waals surface area contributed by atoms with Crippen molar-refractivity contribution in [2.24, 2.45) is 11.1 Å². The average Bonchev–Trinajstić information content (AvgIpc) is 2.59. The van der Waals surface area contributed by atoms with Crippen molar-refractivity contribution < 1.29 is 4.79 Å². The molecule has 0 heterocycles. The number of nitrogens with one attached hydrogen (secondary N) is 1. The molecule has 2 aromatic carbocycles. The molecule has 1 amide bonds. The minimum atomic E-state index is -0.238. The third-order valence-electron chi connectivity index (χ3n) is 5.13. The van der Waals surface area contributed by atoms with Crippen LogP contribution in [0, 0.1) is 5.41 Å². The number of carbonyl (C=O) groups excluding carboxylic acids is 1. The predicted molar refractivity (Wildman–Crippen MR) is 97.4 cm³/mol. The lowest BCUT2D eigenvalue weighted by atomic mass is 9.65. The Kier molecular flexibility index (Phi) is 5.31. The summed E-state index contributed by atoms with van der Waals surface area (Å²) < 4.78 is 0. The zero-order valence-corrected chi connectivity index (χ0v) is 14.1. The van der Waals surface area contributed by atoms with Crippen molar-refractivity contribution in [2.75, 3.05) is 6.54 Å². The van der Waals surface area contributed by atoms with Crippen LogP contribution in [0.3, 0.4) is 0 Å². The molecule has 3 rings (SSSR count). The van der Waals surface area contributed by atoms with Crippen molar-refractivity contribution in [3.05, 3.63) is 71.8 Å². The monoisotopic (exact) mass is 322 g/mol. The van der Waals surface area contributed by atoms with Crippen LogP contribution in [0.2, 0.25) is 0 Å². The standard InChI is InChI=1S/C21H26N2O/c22-19(18-10-5-2-6-11-18)14-20(24)23-16-21(12-7-13-21)15-17-8-3-1-4-9-17/h1-6,8-11,19H,7,12-16,22H2,(H,23,24). The van der Waals surface area contributed by atoms with E-state index < -0.39 is 0 Å². The second-order valence-corrected chi connectivity index (χ2v) is 7.01. The van der Waals surface area contributed by atoms with Crippen LogP contribution in [-0.4, -0.2) is 12.5 Å². The summed E-state index contributed by atoms with van der Waals surface area (Å²) in [5.74, 6) is 0.0469. The molecule has 0 radical (unpaired) electrons. The molecule has 2 aromatic rings. The van der Waals surface area contributed by atoms with Crippen molar-refractivity contribution >= 4 is 5.91 Å². The second kappa shape index (κ2) is 7.63. The highest BCUT2D eigenvalue weighted by molar-refractivity contribution is 5.76. The van der Waals surface area contributed by atoms with Gasteiger partial charge in [0, 0.05) is 19.0 Å². The first-order valence-electron chi connectivity index (χ1n) is 8.78. The summed E-state index contributed by atoms with van der Waals surface area (Å²) >= 11 is 0. The molecule has 1 unspecified atom stereocenters. The molecule has 0 saturated heterocycles. The zero-order chi connectivity index (χ0) is 16.8. The van der Waals surface area contributed by atoms with Gasteiger partial charge in [-0.05, 0) is 35.8 Å². The minimum absolute atomic E-state index is 0.0469. The van der Waals surface area contributed by atoms with Gasteiger partial charge in [-0.1, -0.05) is 67.1 Å². The molecule has 1 aliphatic rings. The smallest absolute Gasteiger partial charge is 0.221 e. The first-order chi connectivity index (χ1) is 11.7. The maximum Gasteiger partial charge on any atom is 0.221 e. The number of benzene rings is 2. The average molecular weight is 322 g/mol. The van der Waals surface area contributed by atoms with Gasteiger partial charge in [0.05, 0.1) is 0 Å². The summed E-state index contributed by atoms with van der Waals surface area (Å²) in [6, 6.07) is 20.1. The summed E-state index contributed by atoms with van der Waals surface area (Å²) in [7, 11) is 0. The maximum atomic E-state index is 12.3. The number of rotatable bonds is 7. The molecule has 1 saturated carbocycles. The highest BCUT2D eigenvalue weighted by atomic mass is 16.1. The van der Waals surface area contributed by atoms with E-state index in [-0.39, 0.29) is 17.4 Å². The Morgan fingerprint density at radius 3 is 2.25 bits per heavy atom. The largest absolute Gasteiger partial charge is 0.355 e. The van der Waals surface area contributed by atoms with E-state index in [2.05, 4.69) is 29.6 Å². The molecule has 24 heavy (non-hydrogen) atoms. The number of carbonyl (C=O) groups is 1. The first kappa shape index (κ1) is 16.7. The minimum Gasteiger partial charge on any atom is -0.355 e. The fraction of sp³-hybridized carbons (Fsp3) is 0.381. The van der Waals surface area contributed by atoms with Gasteiger partial charge in [0.15, 0.2) is 0 Å². The second-order valence-electron chi connectivity index (χ2n) is 7.01. The van der Waals surface area contributed by atoms with Crippen molar-refractivity contribution in [2.45, 2.75) is 38.1 Å². The van der Waals surface area contributed by atoms with Crippen LogP contribution in [0.4, 0.5) is 0 Å². The Morgan fingerprint density at radius 2 is 1.67 bits per heavy atom. The summed E-state index contributed by atoms with van der Waals surface area (Å²) in [5.41, 5.74) is 8.74. The Balaban J connectivity index is 1.51. The van der Waals surface area contributed by atoms with Gasteiger partial charge in [-0.3, -0.25) is 4.79 Å². The molecule has 3 nitrogen and oxygen atoms in total. The van der Waals surface area contributed by atoms with Crippen LogP contribution in [0.5, 0.6) is 0 Å². The van der Waals surface area contributed by atoms with Gasteiger partial charge >= 0.3 is 0 Å². The van der Waals surface area contributed by atoms with E-state index in [9.17, 15) is 4.79 Å². The summed E-state index contributed by atoms with van der Waals surface area (Å²) in [6.07, 6.45) is 5.01. The van der Waals surface area contributed by atoms with Crippen molar-refractivity contribution in [3.8, 4) is 0 Å². The van der Waals surface area contributed by atoms with E-state index in [1.807, 2.05) is 36.4 Å². The highest BCUT2D eigenvalue weighted by Crippen LogP contribution is 2.43. The van der Waals surface area contributed by atoms with E-state index in [0.29, 0.717) is 6.42 Å². The Labute approximate surface area is 144 Å². The van der Waals surface area contributed by atoms with E-state index in [0.717, 1.165) is 18.5 Å². The topological polar surface area (TPSA) is 55.1 Å². The van der Waals surface area contributed by atoms with E-state index in [4.69, 9.17) is 5.73 Å². The van der Waals surface area contributed by atoms with Gasteiger partial charge < -0.3 is 11.1 Å². The SMILES string of the molecule is NC(CC(=O)NCC1(Cc2ccccc2)CCC1)c1ccccc1. The predicted octanol–water partition coefficient (Wildman–Crippen LogP) is 3.61. The normalized spacial score (nSPS) is 16.9. The molecular formula is C21H26N2O. The van der Waals surface area contributed by atoms with Crippen molar-refractivity contribution in [1.29, 1.82) is 0 Å². The Morgan fingerprint density at radius 1 is 1.04 bits per heavy atom. The molecule has 3 heteroatoms. The molecule has 1 atom stereocenters. The lowest BCUT2D eigenvalue weighted by Crippen LogP contribution is -2.44. The van der Waals surface area contributed by atoms with Gasteiger partial charge in [-0.15, -0.1) is 0 Å². The van der Waals surface area contributed by atoms with Gasteiger partial charge in [0.25, 0.3) is 0 Å². The fourth-order valence-electron chi connectivity index (χ4n) is 3.50. The van der Waals surface area contributed by atoms with Crippen LogP contribution in [0.25, 0.3) is 0 Å². The van der Waals surface area contributed by atoms with Gasteiger partial charge in [-0.25, -0.2) is 0 Å². The quantitative estimate of drug-likeness (QED) is 0.818. The van der Waals surface area contributed by atoms with Crippen LogP contribution in [-0.2, 0) is 11.2 Å². The van der Waals surface area contributed by atoms with E-state index in [1.54, 1.807) is 0 Å². The van der Waals surface area contributed by atoms with Crippen molar-refractivity contribution in [3.63, 3.8) is 0 Å². The molecule has 0 aromatic heterocycles. The van der Waals surface area contributed by atoms with E-state index >= 15 is 0 Å². The third-order valence-corrected chi connectivity index (χ3v) is 5.13. The van der Waals surface area contributed by atoms with Crippen LogP contribution >= 0.6 is 0 Å². The van der Waals surface area contributed by atoms with Crippen molar-refractivity contribution in [1.82, 2.24) is 5.32 Å². The molecule has 0 bridgehead atoms. The van der Waals surface area contributed by atoms with Crippen LogP contribution < -0.4 is 11.1 Å². The summed E-state index contributed by atoms with van der Waals surface area (Å²) in [4.78, 5) is 12.3. The third kappa shape index (κ3) is 4.24. The number of hydrogen-bond acceptors (Lipinski definition) is 2. The Hall–Kier alpha value is -2.13. The molecule has 0 spiro atoms. The first-order valence-corrected chi connectivity index (χ1v) is 8.78.